The van der Waals surface area contributed by atoms with Gasteiger partial charge in [0.05, 0.1) is 12.5 Å². The smallest absolute Gasteiger partial charge is 0.274 e. The molecule has 0 N–H and O–H groups in total. The first-order chi connectivity index (χ1) is 16.0. The zero-order chi connectivity index (χ0) is 22.9. The summed E-state index contributed by atoms with van der Waals surface area (Å²) in [5, 5.41) is 4.38. The number of carbonyl (C=O) groups excluding carboxylic acids is 2. The molecular weight excluding hydrogens is 416 g/mol. The van der Waals surface area contributed by atoms with Gasteiger partial charge in [0.2, 0.25) is 5.91 Å². The summed E-state index contributed by atoms with van der Waals surface area (Å²) in [6.07, 6.45) is 4.61. The Morgan fingerprint density at radius 2 is 1.97 bits per heavy atom. The number of hydrogen-bond donors (Lipinski definition) is 0. The fourth-order valence-electron chi connectivity index (χ4n) is 4.74. The summed E-state index contributed by atoms with van der Waals surface area (Å²) in [7, 11) is 0. The van der Waals surface area contributed by atoms with Gasteiger partial charge >= 0.3 is 0 Å². The van der Waals surface area contributed by atoms with Gasteiger partial charge in [-0.1, -0.05) is 30.3 Å². The molecule has 0 radical (unpaired) electrons. The molecule has 0 spiro atoms. The molecule has 0 aliphatic carbocycles. The standard InChI is InChI=1S/C25H28N6O2/c1-3-29-14-12-20(28-29)25(33)30-13-7-10-21(30)23-26-17(2)19-16-22(32)31(24(19)27-23)15-11-18-8-5-4-6-9-18/h4-6,8-9,12,14,21H,3,7,10-11,13,15-16H2,1-2H3/t21-/m1/s1. The van der Waals surface area contributed by atoms with Gasteiger partial charge in [0.15, 0.2) is 5.82 Å². The van der Waals surface area contributed by atoms with Crippen molar-refractivity contribution in [3.8, 4) is 0 Å². The van der Waals surface area contributed by atoms with Crippen molar-refractivity contribution in [2.24, 2.45) is 0 Å². The average Bonchev–Trinajstić information content (AvgIpc) is 3.57. The molecular formula is C25H28N6O2. The van der Waals surface area contributed by atoms with Gasteiger partial charge in [-0.3, -0.25) is 19.2 Å². The van der Waals surface area contributed by atoms with Crippen LogP contribution in [0.2, 0.25) is 0 Å². The van der Waals surface area contributed by atoms with E-state index in [1.807, 2.05) is 43.1 Å². The van der Waals surface area contributed by atoms with E-state index in [4.69, 9.17) is 9.97 Å². The largest absolute Gasteiger partial charge is 0.327 e. The molecule has 33 heavy (non-hydrogen) atoms. The summed E-state index contributed by atoms with van der Waals surface area (Å²) in [6.45, 7) is 5.87. The SMILES string of the molecule is CCn1ccc(C(=O)N2CCC[C@@H]2c2nc(C)c3c(n2)N(CCc2ccccc2)C(=O)C3)n1. The number of carbonyl (C=O) groups is 2. The second-order valence-corrected chi connectivity index (χ2v) is 8.64. The molecule has 0 bridgehead atoms. The number of hydrogen-bond acceptors (Lipinski definition) is 5. The van der Waals surface area contributed by atoms with Crippen LogP contribution in [0.3, 0.4) is 0 Å². The van der Waals surface area contributed by atoms with Crippen LogP contribution in [0, 0.1) is 6.92 Å². The molecule has 1 atom stereocenters. The molecule has 2 aromatic heterocycles. The molecule has 4 heterocycles. The number of nitrogens with zero attached hydrogens (tertiary/aromatic N) is 6. The molecule has 0 saturated carbocycles. The number of aromatic nitrogens is 4. The number of benzene rings is 1. The van der Waals surface area contributed by atoms with Crippen LogP contribution < -0.4 is 4.90 Å². The van der Waals surface area contributed by atoms with Crippen molar-refractivity contribution in [3.63, 3.8) is 0 Å². The van der Waals surface area contributed by atoms with Crippen LogP contribution in [-0.4, -0.2) is 49.6 Å². The van der Waals surface area contributed by atoms with E-state index in [1.54, 1.807) is 15.6 Å². The average molecular weight is 445 g/mol. The minimum Gasteiger partial charge on any atom is -0.327 e. The Morgan fingerprint density at radius 1 is 1.15 bits per heavy atom. The maximum Gasteiger partial charge on any atom is 0.274 e. The molecule has 3 aromatic rings. The van der Waals surface area contributed by atoms with Crippen LogP contribution in [0.4, 0.5) is 5.82 Å². The number of aryl methyl sites for hydroxylation is 2. The Balaban J connectivity index is 1.41. The van der Waals surface area contributed by atoms with Crippen molar-refractivity contribution in [3.05, 3.63) is 70.9 Å². The highest BCUT2D eigenvalue weighted by molar-refractivity contribution is 6.00. The predicted molar refractivity (Wildman–Crippen MR) is 124 cm³/mol. The second-order valence-electron chi connectivity index (χ2n) is 8.64. The van der Waals surface area contributed by atoms with E-state index < -0.39 is 0 Å². The number of rotatable bonds is 6. The van der Waals surface area contributed by atoms with Crippen LogP contribution in [0.1, 0.15) is 58.9 Å². The third kappa shape index (κ3) is 4.01. The highest BCUT2D eigenvalue weighted by Gasteiger charge is 2.37. The van der Waals surface area contributed by atoms with Crippen molar-refractivity contribution >= 4 is 17.6 Å². The molecule has 8 nitrogen and oxygen atoms in total. The number of fused-ring (bicyclic) bond motifs is 1. The van der Waals surface area contributed by atoms with Gasteiger partial charge in [0.1, 0.15) is 11.5 Å². The summed E-state index contributed by atoms with van der Waals surface area (Å²) < 4.78 is 1.75. The highest BCUT2D eigenvalue weighted by Crippen LogP contribution is 2.35. The molecule has 1 fully saturated rings. The van der Waals surface area contributed by atoms with E-state index >= 15 is 0 Å². The maximum atomic E-state index is 13.2. The monoisotopic (exact) mass is 444 g/mol. The van der Waals surface area contributed by atoms with Crippen LogP contribution in [-0.2, 0) is 24.2 Å². The zero-order valence-corrected chi connectivity index (χ0v) is 19.1. The summed E-state index contributed by atoms with van der Waals surface area (Å²) in [5.41, 5.74) is 3.35. The van der Waals surface area contributed by atoms with Crippen molar-refractivity contribution in [1.29, 1.82) is 0 Å². The molecule has 0 unspecified atom stereocenters. The van der Waals surface area contributed by atoms with Gasteiger partial charge in [-0.05, 0) is 44.7 Å². The van der Waals surface area contributed by atoms with Crippen LogP contribution >= 0.6 is 0 Å². The lowest BCUT2D eigenvalue weighted by atomic mass is 10.1. The quantitative estimate of drug-likeness (QED) is 0.583. The van der Waals surface area contributed by atoms with Crippen molar-refractivity contribution in [1.82, 2.24) is 24.6 Å². The third-order valence-electron chi connectivity index (χ3n) is 6.56. The Hall–Kier alpha value is -3.55. The van der Waals surface area contributed by atoms with Crippen molar-refractivity contribution in [2.75, 3.05) is 18.0 Å². The Labute approximate surface area is 193 Å². The Morgan fingerprint density at radius 3 is 2.73 bits per heavy atom. The van der Waals surface area contributed by atoms with E-state index in [0.29, 0.717) is 36.8 Å². The third-order valence-corrected chi connectivity index (χ3v) is 6.56. The molecule has 2 aliphatic heterocycles. The van der Waals surface area contributed by atoms with Gasteiger partial charge in [-0.15, -0.1) is 0 Å². The first-order valence-corrected chi connectivity index (χ1v) is 11.6. The minimum absolute atomic E-state index is 0.0555. The number of likely N-dealkylation sites (tertiary alicyclic amines) is 1. The first-order valence-electron chi connectivity index (χ1n) is 11.6. The van der Waals surface area contributed by atoms with E-state index in [2.05, 4.69) is 17.2 Å². The first kappa shape index (κ1) is 21.3. The van der Waals surface area contributed by atoms with Gasteiger partial charge in [-0.2, -0.15) is 5.10 Å². The molecule has 2 aliphatic rings. The lowest BCUT2D eigenvalue weighted by molar-refractivity contribution is -0.117. The predicted octanol–water partition coefficient (Wildman–Crippen LogP) is 3.11. The van der Waals surface area contributed by atoms with Crippen LogP contribution in [0.15, 0.2) is 42.6 Å². The van der Waals surface area contributed by atoms with Crippen LogP contribution in [0.25, 0.3) is 0 Å². The Bertz CT molecular complexity index is 1190. The summed E-state index contributed by atoms with van der Waals surface area (Å²) in [6, 6.07) is 11.7. The fraction of sp³-hybridized carbons (Fsp3) is 0.400. The van der Waals surface area contributed by atoms with E-state index in [9.17, 15) is 9.59 Å². The van der Waals surface area contributed by atoms with Gasteiger partial charge in [-0.25, -0.2) is 9.97 Å². The molecule has 1 saturated heterocycles. The summed E-state index contributed by atoms with van der Waals surface area (Å²) in [5.74, 6) is 1.28. The van der Waals surface area contributed by atoms with E-state index in [-0.39, 0.29) is 17.9 Å². The molecule has 8 heteroatoms. The molecule has 1 aromatic carbocycles. The second kappa shape index (κ2) is 8.77. The minimum atomic E-state index is -0.208. The summed E-state index contributed by atoms with van der Waals surface area (Å²) >= 11 is 0. The number of amides is 2. The lowest BCUT2D eigenvalue weighted by Gasteiger charge is -2.24. The van der Waals surface area contributed by atoms with E-state index in [0.717, 1.165) is 37.1 Å². The Kier molecular flexibility index (Phi) is 5.66. The van der Waals surface area contributed by atoms with Crippen LogP contribution in [0.5, 0.6) is 0 Å². The topological polar surface area (TPSA) is 84.2 Å². The van der Waals surface area contributed by atoms with E-state index in [1.165, 1.54) is 5.56 Å². The maximum absolute atomic E-state index is 13.2. The fourth-order valence-corrected chi connectivity index (χ4v) is 4.74. The molecule has 170 valence electrons. The highest BCUT2D eigenvalue weighted by atomic mass is 16.2. The summed E-state index contributed by atoms with van der Waals surface area (Å²) in [4.78, 5) is 39.2. The normalized spacial score (nSPS) is 17.6. The van der Waals surface area contributed by atoms with Crippen molar-refractivity contribution < 1.29 is 9.59 Å². The van der Waals surface area contributed by atoms with Gasteiger partial charge in [0, 0.05) is 37.1 Å². The molecule has 2 amide bonds. The number of anilines is 1. The molecule has 5 rings (SSSR count). The van der Waals surface area contributed by atoms with Crippen molar-refractivity contribution in [2.45, 2.75) is 52.1 Å². The lowest BCUT2D eigenvalue weighted by Crippen LogP contribution is -2.33. The van der Waals surface area contributed by atoms with Gasteiger partial charge < -0.3 is 4.90 Å². The van der Waals surface area contributed by atoms with Gasteiger partial charge in [0.25, 0.3) is 5.91 Å². The zero-order valence-electron chi connectivity index (χ0n) is 19.1.